The van der Waals surface area contributed by atoms with Crippen molar-refractivity contribution in [1.29, 1.82) is 0 Å². The van der Waals surface area contributed by atoms with Gasteiger partial charge in [-0.25, -0.2) is 4.79 Å². The Labute approximate surface area is 152 Å². The summed E-state index contributed by atoms with van der Waals surface area (Å²) in [7, 11) is 1.37. The number of nitrogens with one attached hydrogen (secondary N) is 2. The largest absolute Gasteiger partial charge is 0.465 e. The summed E-state index contributed by atoms with van der Waals surface area (Å²) < 4.78 is 6.83. The number of thiocarbonyl (C=S) groups is 1. The summed E-state index contributed by atoms with van der Waals surface area (Å²) in [6, 6.07) is 9.34. The van der Waals surface area contributed by atoms with Crippen LogP contribution in [0.25, 0.3) is 5.69 Å². The fraction of sp³-hybridized carbons (Fsp3) is 0.278. The molecule has 132 valence electrons. The number of aryl methyl sites for hydroxylation is 1. The number of methoxy groups -OCH3 is 1. The third-order valence-corrected chi connectivity index (χ3v) is 3.96. The van der Waals surface area contributed by atoms with Crippen LogP contribution in [0.5, 0.6) is 0 Å². The average molecular weight is 358 g/mol. The monoisotopic (exact) mass is 358 g/mol. The second-order valence-electron chi connectivity index (χ2n) is 5.43. The summed E-state index contributed by atoms with van der Waals surface area (Å²) in [5.74, 6) is -0.344. The number of rotatable bonds is 5. The molecule has 0 saturated carbocycles. The molecule has 1 heterocycles. The molecule has 2 aromatic rings. The lowest BCUT2D eigenvalue weighted by Gasteiger charge is -2.10. The number of nitrogens with zero attached hydrogens (tertiary/aromatic N) is 2. The van der Waals surface area contributed by atoms with Crippen molar-refractivity contribution in [2.24, 2.45) is 5.10 Å². The molecule has 0 saturated heterocycles. The number of benzene rings is 1. The lowest BCUT2D eigenvalue weighted by Crippen LogP contribution is -2.31. The molecule has 0 bridgehead atoms. The predicted molar refractivity (Wildman–Crippen MR) is 104 cm³/mol. The molecule has 0 unspecified atom stereocenters. The molecule has 0 fully saturated rings. The standard InChI is InChI=1S/C18H22N4O2S/c1-5-19-18(25)21-20-11-15-10-12(2)22(13(15)3)16-8-6-14(7-9-16)17(23)24-4/h6-11H,5H2,1-4H3,(H2,19,21,25). The minimum absolute atomic E-state index is 0.344. The average Bonchev–Trinajstić information content (AvgIpc) is 2.88. The summed E-state index contributed by atoms with van der Waals surface area (Å²) in [5, 5.41) is 7.63. The van der Waals surface area contributed by atoms with Gasteiger partial charge in [-0.15, -0.1) is 0 Å². The Kier molecular flexibility index (Phi) is 6.30. The number of aromatic nitrogens is 1. The van der Waals surface area contributed by atoms with E-state index in [0.717, 1.165) is 29.2 Å². The first-order valence-corrected chi connectivity index (χ1v) is 8.33. The quantitative estimate of drug-likeness (QED) is 0.372. The minimum atomic E-state index is -0.344. The Morgan fingerprint density at radius 1 is 1.32 bits per heavy atom. The van der Waals surface area contributed by atoms with Crippen LogP contribution in [0.4, 0.5) is 0 Å². The van der Waals surface area contributed by atoms with Crippen LogP contribution in [0, 0.1) is 13.8 Å². The van der Waals surface area contributed by atoms with Crippen molar-refractivity contribution in [1.82, 2.24) is 15.3 Å². The molecule has 1 aromatic heterocycles. The molecular weight excluding hydrogens is 336 g/mol. The fourth-order valence-corrected chi connectivity index (χ4v) is 2.74. The number of carbonyl (C=O) groups excluding carboxylic acids is 1. The van der Waals surface area contributed by atoms with Gasteiger partial charge in [-0.2, -0.15) is 5.10 Å². The first-order chi connectivity index (χ1) is 12.0. The Hall–Kier alpha value is -2.67. The van der Waals surface area contributed by atoms with Gasteiger partial charge in [-0.3, -0.25) is 5.43 Å². The summed E-state index contributed by atoms with van der Waals surface area (Å²) in [5.41, 5.74) is 7.38. The Bertz CT molecular complexity index is 794. The molecule has 0 amide bonds. The maximum atomic E-state index is 11.6. The number of hydrogen-bond donors (Lipinski definition) is 2. The summed E-state index contributed by atoms with van der Waals surface area (Å²) in [6.07, 6.45) is 1.74. The lowest BCUT2D eigenvalue weighted by atomic mass is 10.2. The van der Waals surface area contributed by atoms with Gasteiger partial charge >= 0.3 is 5.97 Å². The van der Waals surface area contributed by atoms with Crippen molar-refractivity contribution < 1.29 is 9.53 Å². The van der Waals surface area contributed by atoms with E-state index >= 15 is 0 Å². The van der Waals surface area contributed by atoms with Gasteiger partial charge in [0.25, 0.3) is 0 Å². The number of esters is 1. The van der Waals surface area contributed by atoms with Crippen LogP contribution >= 0.6 is 12.2 Å². The van der Waals surface area contributed by atoms with E-state index in [4.69, 9.17) is 17.0 Å². The Balaban J connectivity index is 2.23. The van der Waals surface area contributed by atoms with Crippen molar-refractivity contribution in [2.75, 3.05) is 13.7 Å². The number of carbonyl (C=O) groups is 1. The molecule has 1 aromatic carbocycles. The van der Waals surface area contributed by atoms with E-state index in [0.29, 0.717) is 10.7 Å². The predicted octanol–water partition coefficient (Wildman–Crippen LogP) is 2.70. The van der Waals surface area contributed by atoms with Gasteiger partial charge < -0.3 is 14.6 Å². The zero-order valence-electron chi connectivity index (χ0n) is 14.8. The second kappa shape index (κ2) is 8.43. The molecule has 25 heavy (non-hydrogen) atoms. The Morgan fingerprint density at radius 3 is 2.60 bits per heavy atom. The fourth-order valence-electron chi connectivity index (χ4n) is 2.54. The lowest BCUT2D eigenvalue weighted by molar-refractivity contribution is 0.0601. The normalized spacial score (nSPS) is 10.7. The van der Waals surface area contributed by atoms with Crippen molar-refractivity contribution >= 4 is 29.5 Å². The smallest absolute Gasteiger partial charge is 0.337 e. The van der Waals surface area contributed by atoms with Crippen LogP contribution in [0.2, 0.25) is 0 Å². The van der Waals surface area contributed by atoms with Gasteiger partial charge in [0.2, 0.25) is 0 Å². The highest BCUT2D eigenvalue weighted by molar-refractivity contribution is 7.80. The summed E-state index contributed by atoms with van der Waals surface area (Å²) >= 11 is 5.07. The Morgan fingerprint density at radius 2 is 2.00 bits per heavy atom. The van der Waals surface area contributed by atoms with Gasteiger partial charge in [0.1, 0.15) is 0 Å². The van der Waals surface area contributed by atoms with Crippen molar-refractivity contribution in [2.45, 2.75) is 20.8 Å². The maximum absolute atomic E-state index is 11.6. The van der Waals surface area contributed by atoms with E-state index in [1.54, 1.807) is 18.3 Å². The van der Waals surface area contributed by atoms with Crippen LogP contribution in [0.3, 0.4) is 0 Å². The van der Waals surface area contributed by atoms with E-state index in [1.165, 1.54) is 7.11 Å². The molecule has 2 N–H and O–H groups in total. The zero-order chi connectivity index (χ0) is 18.4. The highest BCUT2D eigenvalue weighted by Crippen LogP contribution is 2.20. The summed E-state index contributed by atoms with van der Waals surface area (Å²) in [6.45, 7) is 6.76. The van der Waals surface area contributed by atoms with Gasteiger partial charge in [0.15, 0.2) is 5.11 Å². The van der Waals surface area contributed by atoms with Crippen LogP contribution in [0.15, 0.2) is 35.4 Å². The molecule has 0 radical (unpaired) electrons. The van der Waals surface area contributed by atoms with Gasteiger partial charge in [0.05, 0.1) is 18.9 Å². The van der Waals surface area contributed by atoms with Crippen molar-refractivity contribution in [3.05, 3.63) is 52.8 Å². The van der Waals surface area contributed by atoms with E-state index in [2.05, 4.69) is 20.4 Å². The van der Waals surface area contributed by atoms with Crippen molar-refractivity contribution in [3.8, 4) is 5.69 Å². The molecule has 0 spiro atoms. The molecule has 2 rings (SSSR count). The molecule has 0 aliphatic carbocycles. The van der Waals surface area contributed by atoms with E-state index in [1.807, 2.05) is 39.0 Å². The molecule has 0 aliphatic rings. The number of hydrogen-bond acceptors (Lipinski definition) is 4. The van der Waals surface area contributed by atoms with Crippen LogP contribution in [-0.2, 0) is 4.74 Å². The van der Waals surface area contributed by atoms with E-state index < -0.39 is 0 Å². The van der Waals surface area contributed by atoms with Gasteiger partial charge in [0, 0.05) is 29.2 Å². The van der Waals surface area contributed by atoms with Crippen LogP contribution in [0.1, 0.15) is 34.2 Å². The van der Waals surface area contributed by atoms with Crippen LogP contribution < -0.4 is 10.7 Å². The van der Waals surface area contributed by atoms with E-state index in [9.17, 15) is 4.79 Å². The first kappa shape index (κ1) is 18.7. The second-order valence-corrected chi connectivity index (χ2v) is 5.84. The highest BCUT2D eigenvalue weighted by atomic mass is 32.1. The van der Waals surface area contributed by atoms with Crippen molar-refractivity contribution in [3.63, 3.8) is 0 Å². The first-order valence-electron chi connectivity index (χ1n) is 7.92. The zero-order valence-corrected chi connectivity index (χ0v) is 15.6. The third-order valence-electron chi connectivity index (χ3n) is 3.72. The number of hydrazone groups is 1. The van der Waals surface area contributed by atoms with Gasteiger partial charge in [-0.1, -0.05) is 0 Å². The third kappa shape index (κ3) is 4.45. The molecule has 6 nitrogen and oxygen atoms in total. The molecule has 0 aliphatic heterocycles. The molecular formula is C18H22N4O2S. The summed E-state index contributed by atoms with van der Waals surface area (Å²) in [4.78, 5) is 11.6. The van der Waals surface area contributed by atoms with E-state index in [-0.39, 0.29) is 5.97 Å². The minimum Gasteiger partial charge on any atom is -0.465 e. The number of ether oxygens (including phenoxy) is 1. The van der Waals surface area contributed by atoms with Gasteiger partial charge in [-0.05, 0) is 63.3 Å². The molecule has 7 heteroatoms. The molecule has 0 atom stereocenters. The SMILES string of the molecule is CCNC(=S)NN=Cc1cc(C)n(-c2ccc(C(=O)OC)cc2)c1C. The van der Waals surface area contributed by atoms with Crippen LogP contribution in [-0.4, -0.2) is 35.5 Å². The highest BCUT2D eigenvalue weighted by Gasteiger charge is 2.11. The topological polar surface area (TPSA) is 67.7 Å². The maximum Gasteiger partial charge on any atom is 0.337 e.